The van der Waals surface area contributed by atoms with Crippen molar-refractivity contribution in [2.24, 2.45) is 0 Å². The Morgan fingerprint density at radius 3 is 2.74 bits per heavy atom. The summed E-state index contributed by atoms with van der Waals surface area (Å²) in [5.41, 5.74) is 1.02. The average molecular weight is 279 g/mol. The molecule has 3 heterocycles. The molecule has 0 spiro atoms. The van der Waals surface area contributed by atoms with Gasteiger partial charge in [0.25, 0.3) is 5.78 Å². The molecule has 102 valence electrons. The second-order valence-electron chi connectivity index (χ2n) is 5.00. The lowest BCUT2D eigenvalue weighted by Gasteiger charge is -2.28. The van der Waals surface area contributed by atoms with Crippen molar-refractivity contribution in [3.63, 3.8) is 0 Å². The highest BCUT2D eigenvalue weighted by Gasteiger charge is 2.20. The van der Waals surface area contributed by atoms with Crippen LogP contribution < -0.4 is 4.90 Å². The van der Waals surface area contributed by atoms with Crippen LogP contribution in [-0.4, -0.2) is 48.4 Å². The van der Waals surface area contributed by atoms with Gasteiger partial charge in [-0.05, 0) is 5.92 Å². The molecule has 1 aliphatic heterocycles. The van der Waals surface area contributed by atoms with Crippen LogP contribution in [0.25, 0.3) is 5.78 Å². The highest BCUT2D eigenvalue weighted by Crippen LogP contribution is 2.21. The third kappa shape index (κ3) is 2.34. The Labute approximate surface area is 114 Å². The molecule has 0 N–H and O–H groups in total. The van der Waals surface area contributed by atoms with Crippen molar-refractivity contribution in [1.29, 1.82) is 0 Å². The summed E-state index contributed by atoms with van der Waals surface area (Å²) in [6, 6.07) is 2.07. The monoisotopic (exact) mass is 279 g/mol. The molecule has 6 nitrogen and oxygen atoms in total. The largest absolute Gasteiger partial charge is 0.355 e. The van der Waals surface area contributed by atoms with E-state index in [1.165, 1.54) is 6.33 Å². The number of hydrogen-bond donors (Lipinski definition) is 0. The predicted molar refractivity (Wildman–Crippen MR) is 75.0 cm³/mol. The Bertz CT molecular complexity index is 614. The van der Waals surface area contributed by atoms with Crippen molar-refractivity contribution in [2.75, 3.05) is 29.5 Å². The zero-order valence-electron chi connectivity index (χ0n) is 11.1. The Morgan fingerprint density at radius 2 is 2.05 bits per heavy atom. The Balaban J connectivity index is 2.05. The van der Waals surface area contributed by atoms with E-state index in [1.807, 2.05) is 0 Å². The van der Waals surface area contributed by atoms with E-state index in [4.69, 9.17) is 0 Å². The quantitative estimate of drug-likeness (QED) is 0.814. The van der Waals surface area contributed by atoms with Crippen molar-refractivity contribution in [3.05, 3.63) is 18.1 Å². The lowest BCUT2D eigenvalue weighted by atomic mass is 10.1. The lowest BCUT2D eigenvalue weighted by molar-refractivity contribution is 0.670. The van der Waals surface area contributed by atoms with E-state index < -0.39 is 10.8 Å². The van der Waals surface area contributed by atoms with Gasteiger partial charge in [0.15, 0.2) is 0 Å². The van der Waals surface area contributed by atoms with Gasteiger partial charge in [-0.1, -0.05) is 13.8 Å². The maximum absolute atomic E-state index is 11.5. The Morgan fingerprint density at radius 1 is 1.32 bits per heavy atom. The first kappa shape index (κ1) is 12.5. The van der Waals surface area contributed by atoms with Gasteiger partial charge in [-0.2, -0.15) is 14.6 Å². The van der Waals surface area contributed by atoms with Crippen LogP contribution in [0, 0.1) is 0 Å². The molecule has 0 aliphatic carbocycles. The minimum Gasteiger partial charge on any atom is -0.355 e. The molecule has 0 aromatic carbocycles. The summed E-state index contributed by atoms with van der Waals surface area (Å²) in [5, 5.41) is 4.24. The first-order valence-corrected chi connectivity index (χ1v) is 7.94. The summed E-state index contributed by atoms with van der Waals surface area (Å²) in [5.74, 6) is 3.42. The van der Waals surface area contributed by atoms with Crippen molar-refractivity contribution >= 4 is 22.4 Å². The zero-order valence-corrected chi connectivity index (χ0v) is 11.9. The zero-order chi connectivity index (χ0) is 13.4. The molecule has 19 heavy (non-hydrogen) atoms. The van der Waals surface area contributed by atoms with Crippen LogP contribution in [0.15, 0.2) is 12.4 Å². The summed E-state index contributed by atoms with van der Waals surface area (Å²) in [6.45, 7) is 5.82. The van der Waals surface area contributed by atoms with E-state index in [-0.39, 0.29) is 0 Å². The van der Waals surface area contributed by atoms with Crippen molar-refractivity contribution in [2.45, 2.75) is 19.8 Å². The highest BCUT2D eigenvalue weighted by atomic mass is 32.2. The van der Waals surface area contributed by atoms with Gasteiger partial charge in [-0.15, -0.1) is 0 Å². The van der Waals surface area contributed by atoms with Crippen molar-refractivity contribution in [1.82, 2.24) is 19.6 Å². The Hall–Kier alpha value is -1.50. The number of nitrogens with zero attached hydrogens (tertiary/aromatic N) is 5. The lowest BCUT2D eigenvalue weighted by Crippen LogP contribution is -2.39. The van der Waals surface area contributed by atoms with Crippen LogP contribution in [0.3, 0.4) is 0 Å². The topological polar surface area (TPSA) is 63.4 Å². The van der Waals surface area contributed by atoms with Crippen LogP contribution in [-0.2, 0) is 10.8 Å². The molecular weight excluding hydrogens is 262 g/mol. The smallest absolute Gasteiger partial charge is 0.254 e. The van der Waals surface area contributed by atoms with Gasteiger partial charge in [0.05, 0.1) is 5.69 Å². The molecule has 1 aliphatic rings. The van der Waals surface area contributed by atoms with Crippen LogP contribution in [0.1, 0.15) is 25.5 Å². The van der Waals surface area contributed by atoms with Gasteiger partial charge in [-0.3, -0.25) is 4.21 Å². The molecule has 3 rings (SSSR count). The first-order valence-electron chi connectivity index (χ1n) is 6.46. The van der Waals surface area contributed by atoms with E-state index in [2.05, 4.69) is 39.9 Å². The molecule has 0 amide bonds. The fraction of sp³-hybridized carbons (Fsp3) is 0.583. The molecule has 1 fully saturated rings. The van der Waals surface area contributed by atoms with Gasteiger partial charge in [0.2, 0.25) is 0 Å². The molecule has 2 aromatic rings. The molecular formula is C12H17N5OS. The van der Waals surface area contributed by atoms with E-state index in [0.717, 1.165) is 36.1 Å². The highest BCUT2D eigenvalue weighted by molar-refractivity contribution is 7.85. The van der Waals surface area contributed by atoms with Gasteiger partial charge in [0, 0.05) is 41.5 Å². The third-order valence-corrected chi connectivity index (χ3v) is 4.62. The first-order chi connectivity index (χ1) is 9.15. The molecule has 1 saturated heterocycles. The molecule has 0 saturated carbocycles. The minimum atomic E-state index is -0.676. The fourth-order valence-corrected chi connectivity index (χ4v) is 3.25. The van der Waals surface area contributed by atoms with Gasteiger partial charge < -0.3 is 4.90 Å². The average Bonchev–Trinajstić information content (AvgIpc) is 2.86. The normalized spacial score (nSPS) is 17.5. The Kier molecular flexibility index (Phi) is 3.22. The van der Waals surface area contributed by atoms with Gasteiger partial charge in [0.1, 0.15) is 12.1 Å². The molecule has 0 radical (unpaired) electrons. The van der Waals surface area contributed by atoms with Gasteiger partial charge in [-0.25, -0.2) is 4.98 Å². The van der Waals surface area contributed by atoms with E-state index in [1.54, 1.807) is 4.52 Å². The standard InChI is InChI=1S/C12H17N5OS/c1-9(2)10-7-11(16-3-5-19(18)6-4-16)17-12(15-10)13-8-14-17/h7-9H,3-6H2,1-2H3. The van der Waals surface area contributed by atoms with Gasteiger partial charge >= 0.3 is 0 Å². The summed E-state index contributed by atoms with van der Waals surface area (Å²) in [7, 11) is -0.676. The molecule has 0 atom stereocenters. The van der Waals surface area contributed by atoms with Crippen molar-refractivity contribution < 1.29 is 4.21 Å². The summed E-state index contributed by atoms with van der Waals surface area (Å²) in [4.78, 5) is 10.9. The van der Waals surface area contributed by atoms with E-state index in [0.29, 0.717) is 11.7 Å². The van der Waals surface area contributed by atoms with Crippen LogP contribution in [0.4, 0.5) is 5.82 Å². The maximum atomic E-state index is 11.5. The fourth-order valence-electron chi connectivity index (χ4n) is 2.20. The number of fused-ring (bicyclic) bond motifs is 1. The molecule has 7 heteroatoms. The third-order valence-electron chi connectivity index (χ3n) is 3.35. The molecule has 2 aromatic heterocycles. The second kappa shape index (κ2) is 4.88. The van der Waals surface area contributed by atoms with Crippen LogP contribution >= 0.6 is 0 Å². The summed E-state index contributed by atoms with van der Waals surface area (Å²) >= 11 is 0. The number of hydrogen-bond acceptors (Lipinski definition) is 5. The van der Waals surface area contributed by atoms with Crippen molar-refractivity contribution in [3.8, 4) is 0 Å². The number of aromatic nitrogens is 4. The summed E-state index contributed by atoms with van der Waals surface area (Å²) < 4.78 is 13.2. The van der Waals surface area contributed by atoms with E-state index >= 15 is 0 Å². The molecule has 0 unspecified atom stereocenters. The second-order valence-corrected chi connectivity index (χ2v) is 6.70. The SMILES string of the molecule is CC(C)c1cc(N2CCS(=O)CC2)n2ncnc2n1. The van der Waals surface area contributed by atoms with E-state index in [9.17, 15) is 4.21 Å². The summed E-state index contributed by atoms with van der Waals surface area (Å²) in [6.07, 6.45) is 1.53. The predicted octanol–water partition coefficient (Wildman–Crippen LogP) is 0.816. The number of rotatable bonds is 2. The minimum absolute atomic E-state index is 0.347. The number of anilines is 1. The van der Waals surface area contributed by atoms with Crippen LogP contribution in [0.2, 0.25) is 0 Å². The van der Waals surface area contributed by atoms with Crippen LogP contribution in [0.5, 0.6) is 0 Å². The maximum Gasteiger partial charge on any atom is 0.254 e. The molecule has 0 bridgehead atoms.